The molecule has 1 saturated heterocycles. The van der Waals surface area contributed by atoms with Gasteiger partial charge in [-0.15, -0.1) is 0 Å². The van der Waals surface area contributed by atoms with Crippen LogP contribution in [-0.2, 0) is 5.41 Å². The van der Waals surface area contributed by atoms with E-state index in [0.29, 0.717) is 5.82 Å². The number of aromatic nitrogens is 1. The summed E-state index contributed by atoms with van der Waals surface area (Å²) in [6.45, 7) is 10.3. The van der Waals surface area contributed by atoms with E-state index in [9.17, 15) is 4.79 Å². The van der Waals surface area contributed by atoms with Gasteiger partial charge in [-0.1, -0.05) is 25.9 Å². The second kappa shape index (κ2) is 5.46. The maximum Gasteiger partial charge on any atom is 0.323 e. The summed E-state index contributed by atoms with van der Waals surface area (Å²) in [6.07, 6.45) is 3.30. The van der Waals surface area contributed by atoms with Crippen molar-refractivity contribution in [1.29, 1.82) is 0 Å². The maximum absolute atomic E-state index is 12.4. The number of hydrogen-bond donors (Lipinski definition) is 1. The van der Waals surface area contributed by atoms with Crippen molar-refractivity contribution >= 4 is 11.8 Å². The SMILES string of the molecule is CC1CCCC(C)N1C(=O)Nc1cc(C(C)(C)C)on1. The van der Waals surface area contributed by atoms with Crippen LogP contribution in [0.3, 0.4) is 0 Å². The van der Waals surface area contributed by atoms with E-state index < -0.39 is 0 Å². The number of carbonyl (C=O) groups excluding carboxylic acids is 1. The summed E-state index contributed by atoms with van der Waals surface area (Å²) in [5.74, 6) is 1.26. The summed E-state index contributed by atoms with van der Waals surface area (Å²) in [5, 5.41) is 6.78. The predicted octanol–water partition coefficient (Wildman–Crippen LogP) is 3.77. The summed E-state index contributed by atoms with van der Waals surface area (Å²) in [4.78, 5) is 14.3. The normalized spacial score (nSPS) is 23.8. The molecule has 1 aromatic rings. The van der Waals surface area contributed by atoms with Crippen LogP contribution in [0, 0.1) is 0 Å². The maximum atomic E-state index is 12.4. The van der Waals surface area contributed by atoms with Crippen molar-refractivity contribution in [3.63, 3.8) is 0 Å². The van der Waals surface area contributed by atoms with E-state index in [2.05, 4.69) is 24.3 Å². The van der Waals surface area contributed by atoms with Gasteiger partial charge in [0.05, 0.1) is 0 Å². The molecule has 0 aliphatic carbocycles. The molecule has 1 aliphatic rings. The van der Waals surface area contributed by atoms with E-state index in [0.717, 1.165) is 18.6 Å². The Morgan fingerprint density at radius 2 is 1.95 bits per heavy atom. The summed E-state index contributed by atoms with van der Waals surface area (Å²) in [7, 11) is 0. The molecule has 5 heteroatoms. The van der Waals surface area contributed by atoms with Gasteiger partial charge in [0, 0.05) is 23.6 Å². The van der Waals surface area contributed by atoms with Crippen LogP contribution in [0.1, 0.15) is 59.6 Å². The molecule has 2 amide bonds. The minimum Gasteiger partial charge on any atom is -0.359 e. The van der Waals surface area contributed by atoms with Gasteiger partial charge in [-0.05, 0) is 33.1 Å². The molecule has 1 N–H and O–H groups in total. The van der Waals surface area contributed by atoms with Crippen molar-refractivity contribution in [2.75, 3.05) is 5.32 Å². The Bertz CT molecular complexity index is 466. The van der Waals surface area contributed by atoms with Crippen molar-refractivity contribution in [2.45, 2.75) is 71.4 Å². The molecule has 1 aromatic heterocycles. The molecule has 2 rings (SSSR count). The van der Waals surface area contributed by atoms with Crippen LogP contribution in [0.2, 0.25) is 0 Å². The summed E-state index contributed by atoms with van der Waals surface area (Å²) < 4.78 is 5.29. The highest BCUT2D eigenvalue weighted by atomic mass is 16.5. The lowest BCUT2D eigenvalue weighted by molar-refractivity contribution is 0.133. The number of amides is 2. The zero-order chi connectivity index (χ0) is 14.9. The van der Waals surface area contributed by atoms with Crippen molar-refractivity contribution in [3.05, 3.63) is 11.8 Å². The standard InChI is InChI=1S/C15H25N3O2/c1-10-7-6-8-11(2)18(10)14(19)16-13-9-12(20-17-13)15(3,4)5/h9-11H,6-8H2,1-5H3,(H,16,17,19). The van der Waals surface area contributed by atoms with Gasteiger partial charge in [0.1, 0.15) is 5.76 Å². The smallest absolute Gasteiger partial charge is 0.323 e. The molecule has 0 radical (unpaired) electrons. The molecule has 20 heavy (non-hydrogen) atoms. The van der Waals surface area contributed by atoms with Crippen molar-refractivity contribution in [2.24, 2.45) is 0 Å². The first-order chi connectivity index (χ1) is 9.29. The molecular formula is C15H25N3O2. The quantitative estimate of drug-likeness (QED) is 0.851. The highest BCUT2D eigenvalue weighted by Gasteiger charge is 2.29. The highest BCUT2D eigenvalue weighted by molar-refractivity contribution is 5.88. The van der Waals surface area contributed by atoms with Crippen LogP contribution >= 0.6 is 0 Å². The summed E-state index contributed by atoms with van der Waals surface area (Å²) >= 11 is 0. The van der Waals surface area contributed by atoms with Crippen LogP contribution in [0.5, 0.6) is 0 Å². The van der Waals surface area contributed by atoms with Gasteiger partial charge >= 0.3 is 6.03 Å². The van der Waals surface area contributed by atoms with Gasteiger partial charge < -0.3 is 9.42 Å². The third kappa shape index (κ3) is 3.14. The molecule has 2 heterocycles. The fourth-order valence-electron chi connectivity index (χ4n) is 2.68. The Morgan fingerprint density at radius 3 is 2.45 bits per heavy atom. The fraction of sp³-hybridized carbons (Fsp3) is 0.733. The number of urea groups is 1. The molecule has 2 unspecified atom stereocenters. The van der Waals surface area contributed by atoms with Gasteiger partial charge in [0.15, 0.2) is 5.82 Å². The largest absolute Gasteiger partial charge is 0.359 e. The Kier molecular flexibility index (Phi) is 4.06. The summed E-state index contributed by atoms with van der Waals surface area (Å²) in [6, 6.07) is 2.26. The average molecular weight is 279 g/mol. The lowest BCUT2D eigenvalue weighted by Crippen LogP contribution is -2.49. The molecule has 1 fully saturated rings. The predicted molar refractivity (Wildman–Crippen MR) is 78.8 cm³/mol. The van der Waals surface area contributed by atoms with E-state index >= 15 is 0 Å². The Labute approximate surface area is 120 Å². The third-order valence-corrected chi connectivity index (χ3v) is 3.91. The van der Waals surface area contributed by atoms with E-state index in [1.54, 1.807) is 6.07 Å². The first-order valence-corrected chi connectivity index (χ1v) is 7.35. The second-order valence-corrected chi connectivity index (χ2v) is 6.79. The number of nitrogens with zero attached hydrogens (tertiary/aromatic N) is 2. The zero-order valence-electron chi connectivity index (χ0n) is 13.1. The van der Waals surface area contributed by atoms with Gasteiger partial charge in [0.25, 0.3) is 0 Å². The lowest BCUT2D eigenvalue weighted by Gasteiger charge is -2.38. The van der Waals surface area contributed by atoms with Crippen molar-refractivity contribution < 1.29 is 9.32 Å². The number of anilines is 1. The topological polar surface area (TPSA) is 58.4 Å². The van der Waals surface area contributed by atoms with E-state index in [1.807, 2.05) is 25.7 Å². The summed E-state index contributed by atoms with van der Waals surface area (Å²) in [5.41, 5.74) is -0.109. The molecule has 2 atom stereocenters. The minimum atomic E-state index is -0.109. The molecule has 0 aromatic carbocycles. The molecule has 5 nitrogen and oxygen atoms in total. The number of piperidine rings is 1. The van der Waals surface area contributed by atoms with Crippen LogP contribution in [0.4, 0.5) is 10.6 Å². The molecule has 0 spiro atoms. The Morgan fingerprint density at radius 1 is 1.35 bits per heavy atom. The molecule has 0 saturated carbocycles. The number of hydrogen-bond acceptors (Lipinski definition) is 3. The van der Waals surface area contributed by atoms with Crippen LogP contribution < -0.4 is 5.32 Å². The van der Waals surface area contributed by atoms with Crippen molar-refractivity contribution in [1.82, 2.24) is 10.1 Å². The van der Waals surface area contributed by atoms with Gasteiger partial charge in [0.2, 0.25) is 0 Å². The van der Waals surface area contributed by atoms with Gasteiger partial charge in [-0.3, -0.25) is 5.32 Å². The van der Waals surface area contributed by atoms with Gasteiger partial charge in [-0.2, -0.15) is 0 Å². The molecule has 112 valence electrons. The van der Waals surface area contributed by atoms with E-state index in [-0.39, 0.29) is 23.5 Å². The van der Waals surface area contributed by atoms with E-state index in [1.165, 1.54) is 6.42 Å². The van der Waals surface area contributed by atoms with Crippen LogP contribution in [0.15, 0.2) is 10.6 Å². The third-order valence-electron chi connectivity index (χ3n) is 3.91. The first-order valence-electron chi connectivity index (χ1n) is 7.35. The average Bonchev–Trinajstić information content (AvgIpc) is 2.76. The van der Waals surface area contributed by atoms with Gasteiger partial charge in [-0.25, -0.2) is 4.79 Å². The van der Waals surface area contributed by atoms with Crippen molar-refractivity contribution in [3.8, 4) is 0 Å². The number of carbonyl (C=O) groups is 1. The van der Waals surface area contributed by atoms with Crippen LogP contribution in [-0.4, -0.2) is 28.2 Å². The van der Waals surface area contributed by atoms with Crippen LogP contribution in [0.25, 0.3) is 0 Å². The zero-order valence-corrected chi connectivity index (χ0v) is 13.1. The first kappa shape index (κ1) is 14.9. The monoisotopic (exact) mass is 279 g/mol. The molecule has 0 bridgehead atoms. The van der Waals surface area contributed by atoms with E-state index in [4.69, 9.17) is 4.52 Å². The highest BCUT2D eigenvalue weighted by Crippen LogP contribution is 2.26. The Balaban J connectivity index is 2.05. The second-order valence-electron chi connectivity index (χ2n) is 6.79. The Hall–Kier alpha value is -1.52. The fourth-order valence-corrected chi connectivity index (χ4v) is 2.68. The molecular weight excluding hydrogens is 254 g/mol. The number of rotatable bonds is 1. The number of likely N-dealkylation sites (tertiary alicyclic amines) is 1. The number of nitrogens with one attached hydrogen (secondary N) is 1. The lowest BCUT2D eigenvalue weighted by atomic mass is 9.93. The molecule has 1 aliphatic heterocycles. The minimum absolute atomic E-state index is 0.0848.